The van der Waals surface area contributed by atoms with Crippen LogP contribution in [0, 0.1) is 6.92 Å². The summed E-state index contributed by atoms with van der Waals surface area (Å²) in [4.78, 5) is 25.9. The minimum absolute atomic E-state index is 0.0283. The fourth-order valence-electron chi connectivity index (χ4n) is 3.84. The quantitative estimate of drug-likeness (QED) is 0.312. The van der Waals surface area contributed by atoms with Crippen molar-refractivity contribution in [1.82, 2.24) is 0 Å². The lowest BCUT2D eigenvalue weighted by atomic mass is 9.82. The molecular weight excluding hydrogens is 412 g/mol. The van der Waals surface area contributed by atoms with Crippen molar-refractivity contribution < 1.29 is 49.7 Å². The number of phenolic OH excluding ortho intramolecular Hbond substituents is 2. The van der Waals surface area contributed by atoms with E-state index in [1.807, 2.05) is 0 Å². The van der Waals surface area contributed by atoms with Gasteiger partial charge in [0.2, 0.25) is 12.1 Å². The number of rotatable bonds is 3. The van der Waals surface area contributed by atoms with Gasteiger partial charge in [-0.15, -0.1) is 0 Å². The third kappa shape index (κ3) is 3.34. The SMILES string of the molecule is Cc1cc(O)c2c(c1)C(=O)c1cc(OC3O[C@@H](CO)[C@H](O)[C@@H](O)[C@@H]3O)cc(O)c1C2=O. The topological polar surface area (TPSA) is 174 Å². The van der Waals surface area contributed by atoms with Crippen LogP contribution in [0.5, 0.6) is 17.2 Å². The molecule has 31 heavy (non-hydrogen) atoms. The fraction of sp³-hybridized carbons (Fsp3) is 0.333. The molecule has 0 radical (unpaired) electrons. The lowest BCUT2D eigenvalue weighted by molar-refractivity contribution is -0.277. The molecule has 164 valence electrons. The summed E-state index contributed by atoms with van der Waals surface area (Å²) < 4.78 is 10.7. The highest BCUT2D eigenvalue weighted by molar-refractivity contribution is 6.30. The lowest BCUT2D eigenvalue weighted by Gasteiger charge is -2.39. The summed E-state index contributed by atoms with van der Waals surface area (Å²) >= 11 is 0. The number of aromatic hydroxyl groups is 2. The van der Waals surface area contributed by atoms with Crippen LogP contribution in [0.2, 0.25) is 0 Å². The maximum Gasteiger partial charge on any atom is 0.229 e. The lowest BCUT2D eigenvalue weighted by Crippen LogP contribution is -2.60. The Morgan fingerprint density at radius 1 is 0.871 bits per heavy atom. The van der Waals surface area contributed by atoms with E-state index in [4.69, 9.17) is 9.47 Å². The molecule has 0 bridgehead atoms. The number of fused-ring (bicyclic) bond motifs is 2. The van der Waals surface area contributed by atoms with Gasteiger partial charge in [-0.1, -0.05) is 0 Å². The number of hydrogen-bond acceptors (Lipinski definition) is 10. The fourth-order valence-corrected chi connectivity index (χ4v) is 3.84. The van der Waals surface area contributed by atoms with Crippen LogP contribution in [-0.2, 0) is 4.74 Å². The minimum Gasteiger partial charge on any atom is -0.507 e. The molecule has 0 amide bonds. The number of phenols is 2. The molecule has 4 rings (SSSR count). The van der Waals surface area contributed by atoms with Crippen LogP contribution < -0.4 is 4.74 Å². The first kappa shape index (κ1) is 21.2. The van der Waals surface area contributed by atoms with Crippen LogP contribution in [0.3, 0.4) is 0 Å². The van der Waals surface area contributed by atoms with E-state index in [0.29, 0.717) is 5.56 Å². The number of aryl methyl sites for hydroxylation is 1. The Morgan fingerprint density at radius 3 is 2.13 bits per heavy atom. The smallest absolute Gasteiger partial charge is 0.229 e. The van der Waals surface area contributed by atoms with E-state index in [9.17, 15) is 40.2 Å². The summed E-state index contributed by atoms with van der Waals surface area (Å²) in [6, 6.07) is 4.96. The van der Waals surface area contributed by atoms with Crippen LogP contribution in [0.4, 0.5) is 0 Å². The Hall–Kier alpha value is -3.02. The molecule has 0 spiro atoms. The van der Waals surface area contributed by atoms with Crippen LogP contribution in [0.15, 0.2) is 24.3 Å². The summed E-state index contributed by atoms with van der Waals surface area (Å²) in [7, 11) is 0. The van der Waals surface area contributed by atoms with Gasteiger partial charge >= 0.3 is 0 Å². The highest BCUT2D eigenvalue weighted by Gasteiger charge is 2.45. The van der Waals surface area contributed by atoms with Crippen molar-refractivity contribution in [2.45, 2.75) is 37.6 Å². The van der Waals surface area contributed by atoms with Gasteiger partial charge in [0.15, 0.2) is 5.78 Å². The first-order valence-electron chi connectivity index (χ1n) is 9.41. The molecule has 10 nitrogen and oxygen atoms in total. The first-order chi connectivity index (χ1) is 14.6. The second kappa shape index (κ2) is 7.59. The molecule has 1 heterocycles. The van der Waals surface area contributed by atoms with Crippen molar-refractivity contribution in [3.63, 3.8) is 0 Å². The summed E-state index contributed by atoms with van der Waals surface area (Å²) in [5.41, 5.74) is -0.168. The highest BCUT2D eigenvalue weighted by Crippen LogP contribution is 2.40. The molecule has 1 fully saturated rings. The second-order valence-corrected chi connectivity index (χ2v) is 7.54. The zero-order valence-electron chi connectivity index (χ0n) is 16.2. The maximum absolute atomic E-state index is 13.0. The molecule has 6 N–H and O–H groups in total. The molecule has 0 saturated carbocycles. The molecule has 0 aromatic heterocycles. The maximum atomic E-state index is 13.0. The molecule has 5 atom stereocenters. The Bertz CT molecular complexity index is 1080. The number of ether oxygens (including phenoxy) is 2. The number of carbonyl (C=O) groups excluding carboxylic acids is 2. The Labute approximate surface area is 175 Å². The molecule has 2 aromatic rings. The van der Waals surface area contributed by atoms with Gasteiger partial charge in [0, 0.05) is 17.2 Å². The summed E-state index contributed by atoms with van der Waals surface area (Å²) in [6.45, 7) is 0.982. The molecule has 1 saturated heterocycles. The Balaban J connectivity index is 1.72. The molecule has 2 aliphatic rings. The Morgan fingerprint density at radius 2 is 1.48 bits per heavy atom. The third-order valence-corrected chi connectivity index (χ3v) is 5.40. The van der Waals surface area contributed by atoms with Crippen molar-refractivity contribution in [1.29, 1.82) is 0 Å². The zero-order chi connectivity index (χ0) is 22.6. The van der Waals surface area contributed by atoms with E-state index in [-0.39, 0.29) is 33.8 Å². The average Bonchev–Trinajstić information content (AvgIpc) is 2.71. The van der Waals surface area contributed by atoms with Crippen molar-refractivity contribution in [3.8, 4) is 17.2 Å². The normalized spacial score (nSPS) is 27.6. The first-order valence-corrected chi connectivity index (χ1v) is 9.41. The molecule has 10 heteroatoms. The van der Waals surface area contributed by atoms with Crippen LogP contribution >= 0.6 is 0 Å². The van der Waals surface area contributed by atoms with Crippen LogP contribution in [0.1, 0.15) is 37.4 Å². The van der Waals surface area contributed by atoms with Gasteiger partial charge in [0.25, 0.3) is 0 Å². The zero-order valence-corrected chi connectivity index (χ0v) is 16.2. The van der Waals surface area contributed by atoms with Gasteiger partial charge in [-0.25, -0.2) is 0 Å². The van der Waals surface area contributed by atoms with E-state index in [0.717, 1.165) is 6.07 Å². The number of aliphatic hydroxyl groups excluding tert-OH is 4. The van der Waals surface area contributed by atoms with E-state index in [1.54, 1.807) is 6.92 Å². The van der Waals surface area contributed by atoms with Gasteiger partial charge in [-0.3, -0.25) is 9.59 Å². The summed E-state index contributed by atoms with van der Waals surface area (Å²) in [5, 5.41) is 59.7. The standard InChI is InChI=1S/C21H20O10/c1-7-2-9-14(11(23)3-7)18(27)15-10(16(9)25)4-8(5-12(15)24)30-21-20(29)19(28)17(26)13(6-22)31-21/h2-5,13,17,19-24,26,28-29H,6H2,1H3/t13-,17-,19+,20-,21?/m0/s1. The predicted molar refractivity (Wildman–Crippen MR) is 102 cm³/mol. The second-order valence-electron chi connectivity index (χ2n) is 7.54. The van der Waals surface area contributed by atoms with Gasteiger partial charge in [-0.2, -0.15) is 0 Å². The van der Waals surface area contributed by atoms with Crippen molar-refractivity contribution >= 4 is 11.6 Å². The van der Waals surface area contributed by atoms with Gasteiger partial charge in [0.1, 0.15) is 41.7 Å². The largest absolute Gasteiger partial charge is 0.507 e. The van der Waals surface area contributed by atoms with E-state index in [1.165, 1.54) is 18.2 Å². The van der Waals surface area contributed by atoms with E-state index >= 15 is 0 Å². The highest BCUT2D eigenvalue weighted by atomic mass is 16.7. The minimum atomic E-state index is -1.70. The number of hydrogen-bond donors (Lipinski definition) is 6. The molecule has 1 aliphatic heterocycles. The number of carbonyl (C=O) groups is 2. The molecule has 2 aromatic carbocycles. The van der Waals surface area contributed by atoms with Gasteiger partial charge < -0.3 is 40.1 Å². The number of ketones is 2. The number of benzene rings is 2. The predicted octanol–water partition coefficient (Wildman–Crippen LogP) is -0.640. The summed E-state index contributed by atoms with van der Waals surface area (Å²) in [6.07, 6.45) is -7.71. The van der Waals surface area contributed by atoms with Gasteiger partial charge in [-0.05, 0) is 30.7 Å². The van der Waals surface area contributed by atoms with E-state index in [2.05, 4.69) is 0 Å². The van der Waals surface area contributed by atoms with Gasteiger partial charge in [0.05, 0.1) is 17.7 Å². The average molecular weight is 432 g/mol. The van der Waals surface area contributed by atoms with Crippen molar-refractivity contribution in [2.75, 3.05) is 6.61 Å². The van der Waals surface area contributed by atoms with E-state index < -0.39 is 54.6 Å². The van der Waals surface area contributed by atoms with Crippen LogP contribution in [-0.4, -0.2) is 79.5 Å². The molecule has 1 unspecified atom stereocenters. The van der Waals surface area contributed by atoms with Crippen LogP contribution in [0.25, 0.3) is 0 Å². The Kier molecular flexibility index (Phi) is 5.20. The number of aliphatic hydroxyl groups is 4. The molecular formula is C21H20O10. The monoisotopic (exact) mass is 432 g/mol. The van der Waals surface area contributed by atoms with Crippen molar-refractivity contribution in [3.05, 3.63) is 52.1 Å². The summed E-state index contributed by atoms with van der Waals surface area (Å²) in [5.74, 6) is -2.50. The third-order valence-electron chi connectivity index (χ3n) is 5.40. The van der Waals surface area contributed by atoms with Crippen molar-refractivity contribution in [2.24, 2.45) is 0 Å². The molecule has 1 aliphatic carbocycles.